The number of carbonyl (C=O) groups is 1. The summed E-state index contributed by atoms with van der Waals surface area (Å²) in [6, 6.07) is 19.8. The van der Waals surface area contributed by atoms with Gasteiger partial charge in [0.1, 0.15) is 18.1 Å². The van der Waals surface area contributed by atoms with Crippen LogP contribution in [0.15, 0.2) is 83.8 Å². The first-order valence-corrected chi connectivity index (χ1v) is 9.68. The van der Waals surface area contributed by atoms with E-state index in [4.69, 9.17) is 4.74 Å². The number of para-hydroxylation sites is 2. The number of amides is 1. The minimum atomic E-state index is -0.525. The molecule has 1 amide bonds. The van der Waals surface area contributed by atoms with Crippen LogP contribution in [0.3, 0.4) is 0 Å². The Kier molecular flexibility index (Phi) is 5.75. The van der Waals surface area contributed by atoms with E-state index in [1.165, 1.54) is 22.9 Å². The van der Waals surface area contributed by atoms with Crippen molar-refractivity contribution in [2.24, 2.45) is 0 Å². The first-order valence-electron chi connectivity index (χ1n) is 9.68. The number of nitrogens with zero attached hydrogens (tertiary/aromatic N) is 2. The van der Waals surface area contributed by atoms with Gasteiger partial charge in [-0.05, 0) is 47.5 Å². The van der Waals surface area contributed by atoms with Crippen molar-refractivity contribution in [3.05, 3.63) is 106 Å². The van der Waals surface area contributed by atoms with Gasteiger partial charge in [0.2, 0.25) is 5.91 Å². The summed E-state index contributed by atoms with van der Waals surface area (Å²) in [6.07, 6.45) is 1.20. The van der Waals surface area contributed by atoms with Crippen molar-refractivity contribution in [2.45, 2.75) is 12.6 Å². The summed E-state index contributed by atoms with van der Waals surface area (Å²) in [7, 11) is 1.57. The second-order valence-electron chi connectivity index (χ2n) is 7.00. The standard InChI is InChI=1S/C24H20FN3O3/c1-31-19-12-8-17(9-13-19)24(16-6-10-18(25)11-7-16)27-22(29)15-28-21-5-3-2-4-20(21)26-14-23(28)30/h2-14,24H,15H2,1H3,(H,27,29). The highest BCUT2D eigenvalue weighted by molar-refractivity contribution is 5.80. The van der Waals surface area contributed by atoms with Crippen LogP contribution in [0.5, 0.6) is 5.75 Å². The lowest BCUT2D eigenvalue weighted by Gasteiger charge is -2.21. The van der Waals surface area contributed by atoms with Gasteiger partial charge < -0.3 is 10.1 Å². The van der Waals surface area contributed by atoms with Gasteiger partial charge in [0.05, 0.1) is 30.4 Å². The molecule has 1 unspecified atom stereocenters. The van der Waals surface area contributed by atoms with Crippen LogP contribution >= 0.6 is 0 Å². The Bertz CT molecular complexity index is 1270. The van der Waals surface area contributed by atoms with Crippen molar-refractivity contribution >= 4 is 16.9 Å². The van der Waals surface area contributed by atoms with Gasteiger partial charge in [0, 0.05) is 0 Å². The molecule has 1 N–H and O–H groups in total. The molecule has 0 aliphatic rings. The Labute approximate surface area is 177 Å². The summed E-state index contributed by atoms with van der Waals surface area (Å²) in [5.41, 5.74) is 2.35. The maximum Gasteiger partial charge on any atom is 0.269 e. The van der Waals surface area contributed by atoms with E-state index in [0.717, 1.165) is 5.56 Å². The summed E-state index contributed by atoms with van der Waals surface area (Å²) in [5.74, 6) is -0.0373. The number of benzene rings is 3. The molecule has 0 fully saturated rings. The summed E-state index contributed by atoms with van der Waals surface area (Å²) in [6.45, 7) is -0.171. The fourth-order valence-corrected chi connectivity index (χ4v) is 3.44. The molecular formula is C24H20FN3O3. The van der Waals surface area contributed by atoms with E-state index in [1.54, 1.807) is 49.6 Å². The van der Waals surface area contributed by atoms with E-state index < -0.39 is 6.04 Å². The third-order valence-corrected chi connectivity index (χ3v) is 5.01. The van der Waals surface area contributed by atoms with Gasteiger partial charge in [-0.15, -0.1) is 0 Å². The maximum atomic E-state index is 13.4. The van der Waals surface area contributed by atoms with Gasteiger partial charge in [-0.1, -0.05) is 36.4 Å². The fraction of sp³-hybridized carbons (Fsp3) is 0.125. The van der Waals surface area contributed by atoms with E-state index >= 15 is 0 Å². The molecule has 0 bridgehead atoms. The molecule has 0 saturated carbocycles. The lowest BCUT2D eigenvalue weighted by molar-refractivity contribution is -0.122. The van der Waals surface area contributed by atoms with Crippen molar-refractivity contribution in [1.82, 2.24) is 14.9 Å². The first-order chi connectivity index (χ1) is 15.0. The van der Waals surface area contributed by atoms with Crippen molar-refractivity contribution < 1.29 is 13.9 Å². The number of hydrogen-bond acceptors (Lipinski definition) is 4. The lowest BCUT2D eigenvalue weighted by atomic mass is 9.98. The zero-order valence-corrected chi connectivity index (χ0v) is 16.8. The molecule has 0 radical (unpaired) electrons. The highest BCUT2D eigenvalue weighted by Crippen LogP contribution is 2.24. The number of rotatable bonds is 6. The van der Waals surface area contributed by atoms with E-state index in [9.17, 15) is 14.0 Å². The molecule has 4 aromatic rings. The van der Waals surface area contributed by atoms with Gasteiger partial charge >= 0.3 is 0 Å². The Balaban J connectivity index is 1.65. The number of nitrogens with one attached hydrogen (secondary N) is 1. The van der Waals surface area contributed by atoms with Gasteiger partial charge in [-0.3, -0.25) is 14.2 Å². The second kappa shape index (κ2) is 8.79. The molecule has 0 spiro atoms. The lowest BCUT2D eigenvalue weighted by Crippen LogP contribution is -2.35. The van der Waals surface area contributed by atoms with Crippen LogP contribution in [-0.2, 0) is 11.3 Å². The van der Waals surface area contributed by atoms with Crippen LogP contribution in [-0.4, -0.2) is 22.6 Å². The number of ether oxygens (including phenoxy) is 1. The van der Waals surface area contributed by atoms with E-state index in [1.807, 2.05) is 18.2 Å². The van der Waals surface area contributed by atoms with Crippen LogP contribution in [0.1, 0.15) is 17.2 Å². The van der Waals surface area contributed by atoms with Crippen molar-refractivity contribution in [2.75, 3.05) is 7.11 Å². The predicted molar refractivity (Wildman–Crippen MR) is 115 cm³/mol. The molecule has 3 aromatic carbocycles. The normalized spacial score (nSPS) is 11.8. The van der Waals surface area contributed by atoms with Gasteiger partial charge in [0.25, 0.3) is 5.56 Å². The van der Waals surface area contributed by atoms with Gasteiger partial charge in [0.15, 0.2) is 0 Å². The van der Waals surface area contributed by atoms with Crippen LogP contribution in [0.25, 0.3) is 11.0 Å². The number of halogens is 1. The molecule has 0 aliphatic heterocycles. The molecule has 4 rings (SSSR count). The van der Waals surface area contributed by atoms with Crippen molar-refractivity contribution in [3.8, 4) is 5.75 Å². The number of carbonyl (C=O) groups excluding carboxylic acids is 1. The number of fused-ring (bicyclic) bond motifs is 1. The Morgan fingerprint density at radius 2 is 1.68 bits per heavy atom. The summed E-state index contributed by atoms with van der Waals surface area (Å²) < 4.78 is 20.0. The monoisotopic (exact) mass is 417 g/mol. The molecule has 1 atom stereocenters. The van der Waals surface area contributed by atoms with Crippen LogP contribution in [0.4, 0.5) is 4.39 Å². The van der Waals surface area contributed by atoms with Crippen molar-refractivity contribution in [1.29, 1.82) is 0 Å². The van der Waals surface area contributed by atoms with Crippen molar-refractivity contribution in [3.63, 3.8) is 0 Å². The molecule has 31 heavy (non-hydrogen) atoms. The largest absolute Gasteiger partial charge is 0.497 e. The molecule has 6 nitrogen and oxygen atoms in total. The molecule has 7 heteroatoms. The number of methoxy groups -OCH3 is 1. The number of hydrogen-bond donors (Lipinski definition) is 1. The van der Waals surface area contributed by atoms with Crippen LogP contribution < -0.4 is 15.6 Å². The van der Waals surface area contributed by atoms with Gasteiger partial charge in [-0.2, -0.15) is 0 Å². The van der Waals surface area contributed by atoms with E-state index in [-0.39, 0.29) is 23.8 Å². The fourth-order valence-electron chi connectivity index (χ4n) is 3.44. The first kappa shape index (κ1) is 20.3. The zero-order chi connectivity index (χ0) is 21.8. The Morgan fingerprint density at radius 3 is 2.35 bits per heavy atom. The quantitative estimate of drug-likeness (QED) is 0.522. The van der Waals surface area contributed by atoms with Crippen LogP contribution in [0.2, 0.25) is 0 Å². The molecular weight excluding hydrogens is 397 g/mol. The summed E-state index contributed by atoms with van der Waals surface area (Å²) >= 11 is 0. The van der Waals surface area contributed by atoms with E-state index in [2.05, 4.69) is 10.3 Å². The second-order valence-corrected chi connectivity index (χ2v) is 7.00. The third kappa shape index (κ3) is 4.45. The predicted octanol–water partition coefficient (Wildman–Crippen LogP) is 3.45. The molecule has 0 saturated heterocycles. The minimum Gasteiger partial charge on any atom is -0.497 e. The SMILES string of the molecule is COc1ccc(C(NC(=O)Cn2c(=O)cnc3ccccc32)c2ccc(F)cc2)cc1. The van der Waals surface area contributed by atoms with E-state index in [0.29, 0.717) is 22.3 Å². The van der Waals surface area contributed by atoms with Gasteiger partial charge in [-0.25, -0.2) is 9.37 Å². The average molecular weight is 417 g/mol. The topological polar surface area (TPSA) is 73.2 Å². The summed E-state index contributed by atoms with van der Waals surface area (Å²) in [5, 5.41) is 2.96. The number of aromatic nitrogens is 2. The average Bonchev–Trinajstić information content (AvgIpc) is 2.80. The summed E-state index contributed by atoms with van der Waals surface area (Å²) in [4.78, 5) is 29.4. The molecule has 1 heterocycles. The Hall–Kier alpha value is -4.00. The maximum absolute atomic E-state index is 13.4. The smallest absolute Gasteiger partial charge is 0.269 e. The highest BCUT2D eigenvalue weighted by atomic mass is 19.1. The molecule has 1 aromatic heterocycles. The minimum absolute atomic E-state index is 0.171. The molecule has 156 valence electrons. The molecule has 0 aliphatic carbocycles. The van der Waals surface area contributed by atoms with Crippen LogP contribution in [0, 0.1) is 5.82 Å². The third-order valence-electron chi connectivity index (χ3n) is 5.01. The Morgan fingerprint density at radius 1 is 1.03 bits per heavy atom. The highest BCUT2D eigenvalue weighted by Gasteiger charge is 2.18. The zero-order valence-electron chi connectivity index (χ0n) is 16.8.